The van der Waals surface area contributed by atoms with Gasteiger partial charge in [-0.1, -0.05) is 30.7 Å². The zero-order chi connectivity index (χ0) is 21.9. The van der Waals surface area contributed by atoms with Crippen molar-refractivity contribution in [3.63, 3.8) is 0 Å². The van der Waals surface area contributed by atoms with Gasteiger partial charge in [-0.25, -0.2) is 4.79 Å². The van der Waals surface area contributed by atoms with Gasteiger partial charge in [-0.2, -0.15) is 13.2 Å². The number of alkyl halides is 3. The number of halogens is 4. The molecule has 0 saturated heterocycles. The molecule has 162 valence electrons. The number of hydrogen-bond acceptors (Lipinski definition) is 4. The number of methoxy groups -OCH3 is 1. The van der Waals surface area contributed by atoms with Crippen LogP contribution in [0.4, 0.5) is 13.2 Å². The highest BCUT2D eigenvalue weighted by molar-refractivity contribution is 9.10. The average molecular weight is 489 g/mol. The van der Waals surface area contributed by atoms with Gasteiger partial charge in [0, 0.05) is 6.54 Å². The molecule has 3 rings (SSSR count). The Bertz CT molecular complexity index is 952. The van der Waals surface area contributed by atoms with E-state index >= 15 is 0 Å². The van der Waals surface area contributed by atoms with E-state index < -0.39 is 23.6 Å². The molecule has 1 saturated carbocycles. The minimum Gasteiger partial charge on any atom is -0.503 e. The van der Waals surface area contributed by atoms with Gasteiger partial charge in [-0.3, -0.25) is 4.68 Å². The summed E-state index contributed by atoms with van der Waals surface area (Å²) in [6, 6.07) is 6.38. The third-order valence-electron chi connectivity index (χ3n) is 4.94. The third kappa shape index (κ3) is 4.80. The average Bonchev–Trinajstić information content (AvgIpc) is 2.96. The van der Waals surface area contributed by atoms with Crippen molar-refractivity contribution < 1.29 is 32.5 Å². The van der Waals surface area contributed by atoms with Crippen LogP contribution in [0, 0.1) is 5.92 Å². The van der Waals surface area contributed by atoms with E-state index in [2.05, 4.69) is 21.0 Å². The van der Waals surface area contributed by atoms with E-state index in [4.69, 9.17) is 9.47 Å². The lowest BCUT2D eigenvalue weighted by Gasteiger charge is -2.25. The number of benzene rings is 1. The summed E-state index contributed by atoms with van der Waals surface area (Å²) >= 11 is 3.02. The standard InChI is InChI=1S/C20H20BrF3N2O4/c1-29-11-15(19(27)28)14-8-3-2-7-13(14)10-30-18-16(20(22,23)24)17(21)26(25-18)9-12-5-4-6-12/h2-3,7-8,11-12H,4-6,9-10H2,1H3,(H,27,28)/b15-11+. The molecular formula is C20H20BrF3N2O4. The summed E-state index contributed by atoms with van der Waals surface area (Å²) in [5.74, 6) is -1.47. The van der Waals surface area contributed by atoms with E-state index in [0.29, 0.717) is 18.0 Å². The minimum absolute atomic E-state index is 0.135. The zero-order valence-corrected chi connectivity index (χ0v) is 17.7. The van der Waals surface area contributed by atoms with Crippen LogP contribution < -0.4 is 4.74 Å². The number of carbonyl (C=O) groups is 1. The molecule has 1 aromatic carbocycles. The molecule has 0 spiro atoms. The number of aromatic nitrogens is 2. The molecule has 6 nitrogen and oxygen atoms in total. The van der Waals surface area contributed by atoms with Gasteiger partial charge in [0.15, 0.2) is 5.56 Å². The monoisotopic (exact) mass is 488 g/mol. The maximum atomic E-state index is 13.6. The topological polar surface area (TPSA) is 73.6 Å². The van der Waals surface area contributed by atoms with Crippen molar-refractivity contribution in [1.82, 2.24) is 9.78 Å². The molecule has 0 unspecified atom stereocenters. The molecule has 1 fully saturated rings. The van der Waals surface area contributed by atoms with Crippen molar-refractivity contribution in [2.75, 3.05) is 7.11 Å². The lowest BCUT2D eigenvalue weighted by molar-refractivity contribution is -0.139. The number of hydrogen-bond donors (Lipinski definition) is 1. The molecule has 1 heterocycles. The van der Waals surface area contributed by atoms with Gasteiger partial charge >= 0.3 is 12.1 Å². The Morgan fingerprint density at radius 3 is 2.63 bits per heavy atom. The molecule has 1 aromatic heterocycles. The Morgan fingerprint density at radius 2 is 2.07 bits per heavy atom. The summed E-state index contributed by atoms with van der Waals surface area (Å²) in [7, 11) is 1.31. The van der Waals surface area contributed by atoms with Crippen LogP contribution in [0.25, 0.3) is 5.57 Å². The molecule has 0 bridgehead atoms. The number of rotatable bonds is 8. The van der Waals surface area contributed by atoms with E-state index in [1.807, 2.05) is 0 Å². The molecule has 1 aliphatic rings. The van der Waals surface area contributed by atoms with Gasteiger partial charge in [0.1, 0.15) is 16.8 Å². The van der Waals surface area contributed by atoms with Crippen LogP contribution in [-0.2, 0) is 28.9 Å². The minimum atomic E-state index is -4.66. The maximum absolute atomic E-state index is 13.6. The first kappa shape index (κ1) is 22.2. The first-order valence-electron chi connectivity index (χ1n) is 9.23. The van der Waals surface area contributed by atoms with E-state index in [1.165, 1.54) is 17.9 Å². The lowest BCUT2D eigenvalue weighted by Crippen LogP contribution is -2.19. The number of aliphatic carboxylic acids is 1. The van der Waals surface area contributed by atoms with Gasteiger partial charge in [-0.05, 0) is 45.8 Å². The van der Waals surface area contributed by atoms with E-state index in [1.54, 1.807) is 18.2 Å². The van der Waals surface area contributed by atoms with Crippen molar-refractivity contribution >= 4 is 27.5 Å². The van der Waals surface area contributed by atoms with Crippen molar-refractivity contribution in [2.24, 2.45) is 5.92 Å². The fraction of sp³-hybridized carbons (Fsp3) is 0.400. The number of carboxylic acid groups (broad SMARTS) is 1. The van der Waals surface area contributed by atoms with Crippen LogP contribution in [-0.4, -0.2) is 28.0 Å². The molecule has 10 heteroatoms. The van der Waals surface area contributed by atoms with Crippen LogP contribution >= 0.6 is 15.9 Å². The second kappa shape index (κ2) is 9.11. The van der Waals surface area contributed by atoms with Gasteiger partial charge in [-0.15, -0.1) is 5.10 Å². The van der Waals surface area contributed by atoms with Crippen LogP contribution in [0.3, 0.4) is 0 Å². The van der Waals surface area contributed by atoms with Crippen molar-refractivity contribution in [2.45, 2.75) is 38.6 Å². The number of ether oxygens (including phenoxy) is 2. The third-order valence-corrected chi connectivity index (χ3v) is 5.74. The first-order chi connectivity index (χ1) is 14.2. The van der Waals surface area contributed by atoms with Gasteiger partial charge in [0.05, 0.1) is 13.4 Å². The highest BCUT2D eigenvalue weighted by Crippen LogP contribution is 2.42. The SMILES string of the molecule is CO/C=C(/C(=O)O)c1ccccc1COc1nn(CC2CCC2)c(Br)c1C(F)(F)F. The smallest absolute Gasteiger partial charge is 0.424 e. The lowest BCUT2D eigenvalue weighted by atomic mass is 9.85. The molecule has 30 heavy (non-hydrogen) atoms. The Labute approximate surface area is 179 Å². The second-order valence-corrected chi connectivity index (χ2v) is 7.72. The van der Waals surface area contributed by atoms with E-state index in [9.17, 15) is 23.1 Å². The summed E-state index contributed by atoms with van der Waals surface area (Å²) in [5, 5.41) is 13.4. The Balaban J connectivity index is 1.90. The molecule has 0 radical (unpaired) electrons. The van der Waals surface area contributed by atoms with Crippen molar-refractivity contribution in [1.29, 1.82) is 0 Å². The molecule has 0 aliphatic heterocycles. The predicted octanol–water partition coefficient (Wildman–Crippen LogP) is 5.12. The summed E-state index contributed by atoms with van der Waals surface area (Å²) in [4.78, 5) is 11.5. The number of carboxylic acids is 1. The summed E-state index contributed by atoms with van der Waals surface area (Å²) < 4.78 is 52.3. The largest absolute Gasteiger partial charge is 0.503 e. The highest BCUT2D eigenvalue weighted by Gasteiger charge is 2.41. The Morgan fingerprint density at radius 1 is 1.37 bits per heavy atom. The normalized spacial score (nSPS) is 15.0. The molecule has 0 amide bonds. The van der Waals surface area contributed by atoms with Crippen molar-refractivity contribution in [3.05, 3.63) is 51.8 Å². The highest BCUT2D eigenvalue weighted by atomic mass is 79.9. The second-order valence-electron chi connectivity index (χ2n) is 6.97. The van der Waals surface area contributed by atoms with Gasteiger partial charge in [0.2, 0.25) is 5.88 Å². The molecule has 0 atom stereocenters. The zero-order valence-electron chi connectivity index (χ0n) is 16.1. The van der Waals surface area contributed by atoms with E-state index in [0.717, 1.165) is 25.5 Å². The number of nitrogens with zero attached hydrogens (tertiary/aromatic N) is 2. The van der Waals surface area contributed by atoms with Gasteiger partial charge in [0.25, 0.3) is 0 Å². The molecule has 1 aliphatic carbocycles. The van der Waals surface area contributed by atoms with E-state index in [-0.39, 0.29) is 22.3 Å². The summed E-state index contributed by atoms with van der Waals surface area (Å²) in [5.41, 5.74) is -0.441. The summed E-state index contributed by atoms with van der Waals surface area (Å²) in [6.45, 7) is 0.0871. The van der Waals surface area contributed by atoms with Crippen LogP contribution in [0.15, 0.2) is 35.1 Å². The quantitative estimate of drug-likeness (QED) is 0.412. The fourth-order valence-electron chi connectivity index (χ4n) is 3.20. The maximum Gasteiger partial charge on any atom is 0.424 e. The molecular weight excluding hydrogens is 469 g/mol. The summed E-state index contributed by atoms with van der Waals surface area (Å²) in [6.07, 6.45) is -0.612. The van der Waals surface area contributed by atoms with Crippen LogP contribution in [0.5, 0.6) is 5.88 Å². The van der Waals surface area contributed by atoms with Crippen LogP contribution in [0.2, 0.25) is 0 Å². The first-order valence-corrected chi connectivity index (χ1v) is 10.0. The Kier molecular flexibility index (Phi) is 6.74. The molecule has 2 aromatic rings. The molecule has 1 N–H and O–H groups in total. The Hall–Kier alpha value is -2.49. The van der Waals surface area contributed by atoms with Crippen molar-refractivity contribution in [3.8, 4) is 5.88 Å². The fourth-order valence-corrected chi connectivity index (χ4v) is 3.82. The van der Waals surface area contributed by atoms with Crippen LogP contribution in [0.1, 0.15) is 36.0 Å². The van der Waals surface area contributed by atoms with Gasteiger partial charge < -0.3 is 14.6 Å². The predicted molar refractivity (Wildman–Crippen MR) is 106 cm³/mol.